The summed E-state index contributed by atoms with van der Waals surface area (Å²) in [7, 11) is 1.63. The summed E-state index contributed by atoms with van der Waals surface area (Å²) in [5, 5.41) is 0. The van der Waals surface area contributed by atoms with E-state index < -0.39 is 0 Å². The molecule has 0 amide bonds. The highest BCUT2D eigenvalue weighted by atomic mass is 16.5. The number of carbonyl (C=O) groups is 1. The molecule has 1 aliphatic rings. The quantitative estimate of drug-likeness (QED) is 0.642. The van der Waals surface area contributed by atoms with Gasteiger partial charge in [0.25, 0.3) is 0 Å². The molecular formula is C18H26NO3+. The smallest absolute Gasteiger partial charge is 0.331 e. The van der Waals surface area contributed by atoms with Crippen molar-refractivity contribution in [2.24, 2.45) is 0 Å². The number of ether oxygens (including phenoxy) is 2. The van der Waals surface area contributed by atoms with Gasteiger partial charge in [-0.15, -0.1) is 0 Å². The number of rotatable bonds is 6. The van der Waals surface area contributed by atoms with Crippen molar-refractivity contribution in [1.82, 2.24) is 0 Å². The van der Waals surface area contributed by atoms with Crippen LogP contribution >= 0.6 is 0 Å². The number of carbonyl (C=O) groups excluding carboxylic acids is 1. The third-order valence-corrected chi connectivity index (χ3v) is 3.98. The normalized spacial score (nSPS) is 17.4. The van der Waals surface area contributed by atoms with E-state index >= 15 is 0 Å². The van der Waals surface area contributed by atoms with Gasteiger partial charge in [-0.2, -0.15) is 0 Å². The van der Waals surface area contributed by atoms with Crippen LogP contribution in [0.5, 0.6) is 5.75 Å². The molecule has 1 aromatic carbocycles. The molecule has 0 aromatic heterocycles. The van der Waals surface area contributed by atoms with E-state index in [0.29, 0.717) is 0 Å². The molecule has 4 nitrogen and oxygen atoms in total. The summed E-state index contributed by atoms with van der Waals surface area (Å²) in [6, 6.07) is 7.55. The predicted molar refractivity (Wildman–Crippen MR) is 87.0 cm³/mol. The van der Waals surface area contributed by atoms with Crippen LogP contribution in [-0.2, 0) is 9.53 Å². The summed E-state index contributed by atoms with van der Waals surface area (Å²) in [6.07, 6.45) is 7.12. The largest absolute Gasteiger partial charge is 0.497 e. The Labute approximate surface area is 132 Å². The van der Waals surface area contributed by atoms with Crippen molar-refractivity contribution in [3.05, 3.63) is 35.9 Å². The molecule has 1 saturated heterocycles. The van der Waals surface area contributed by atoms with Crippen LogP contribution in [0.3, 0.4) is 0 Å². The first-order valence-corrected chi connectivity index (χ1v) is 8.03. The molecule has 2 rings (SSSR count). The van der Waals surface area contributed by atoms with Gasteiger partial charge < -0.3 is 14.4 Å². The Bertz CT molecular complexity index is 490. The minimum Gasteiger partial charge on any atom is -0.497 e. The lowest BCUT2D eigenvalue weighted by Crippen LogP contribution is -3.13. The second-order valence-corrected chi connectivity index (χ2v) is 5.87. The van der Waals surface area contributed by atoms with Crippen LogP contribution in [0, 0.1) is 0 Å². The Kier molecular flexibility index (Phi) is 6.46. The van der Waals surface area contributed by atoms with Gasteiger partial charge in [-0.05, 0) is 50.0 Å². The summed E-state index contributed by atoms with van der Waals surface area (Å²) in [5.74, 6) is 0.526. The molecule has 1 N–H and O–H groups in total. The van der Waals surface area contributed by atoms with Gasteiger partial charge in [0, 0.05) is 6.08 Å². The van der Waals surface area contributed by atoms with Gasteiger partial charge in [-0.1, -0.05) is 12.1 Å². The molecule has 22 heavy (non-hydrogen) atoms. The number of esters is 1. The van der Waals surface area contributed by atoms with E-state index in [0.717, 1.165) is 17.9 Å². The number of hydrogen-bond acceptors (Lipinski definition) is 3. The van der Waals surface area contributed by atoms with Crippen LogP contribution in [0.4, 0.5) is 0 Å². The number of piperidine rings is 1. The first kappa shape index (κ1) is 16.6. The second kappa shape index (κ2) is 8.59. The molecule has 1 aliphatic heterocycles. The van der Waals surface area contributed by atoms with E-state index in [9.17, 15) is 4.79 Å². The van der Waals surface area contributed by atoms with E-state index in [1.165, 1.54) is 38.4 Å². The number of likely N-dealkylation sites (tertiary alicyclic amines) is 1. The lowest BCUT2D eigenvalue weighted by Gasteiger charge is -2.25. The van der Waals surface area contributed by atoms with Crippen LogP contribution < -0.4 is 9.64 Å². The fourth-order valence-electron chi connectivity index (χ4n) is 2.82. The van der Waals surface area contributed by atoms with Gasteiger partial charge in [0.15, 0.2) is 0 Å². The molecule has 0 spiro atoms. The Morgan fingerprint density at radius 3 is 2.55 bits per heavy atom. The fourth-order valence-corrected chi connectivity index (χ4v) is 2.82. The zero-order valence-electron chi connectivity index (χ0n) is 13.5. The molecule has 1 heterocycles. The summed E-state index contributed by atoms with van der Waals surface area (Å²) in [4.78, 5) is 13.4. The van der Waals surface area contributed by atoms with Crippen molar-refractivity contribution in [2.75, 3.05) is 26.7 Å². The highest BCUT2D eigenvalue weighted by Gasteiger charge is 2.18. The minimum absolute atomic E-state index is 0.0406. The van der Waals surface area contributed by atoms with Crippen molar-refractivity contribution in [1.29, 1.82) is 0 Å². The summed E-state index contributed by atoms with van der Waals surface area (Å²) >= 11 is 0. The van der Waals surface area contributed by atoms with Gasteiger partial charge in [0.05, 0.1) is 20.2 Å². The van der Waals surface area contributed by atoms with Crippen molar-refractivity contribution in [3.63, 3.8) is 0 Å². The average Bonchev–Trinajstić information content (AvgIpc) is 2.54. The SMILES string of the molecule is COc1ccc(C=CC(=O)OC(C)C[NH+]2CCCCC2)cc1. The van der Waals surface area contributed by atoms with E-state index in [-0.39, 0.29) is 12.1 Å². The molecule has 0 bridgehead atoms. The van der Waals surface area contributed by atoms with Crippen LogP contribution in [0.25, 0.3) is 6.08 Å². The Morgan fingerprint density at radius 1 is 1.23 bits per heavy atom. The summed E-state index contributed by atoms with van der Waals surface area (Å²) < 4.78 is 10.5. The standard InChI is InChI=1S/C18H25NO3/c1-15(14-19-12-4-3-5-13-19)22-18(20)11-8-16-6-9-17(21-2)10-7-16/h6-11,15H,3-5,12-14H2,1-2H3/p+1. The van der Waals surface area contributed by atoms with E-state index in [1.54, 1.807) is 18.1 Å². The van der Waals surface area contributed by atoms with Gasteiger partial charge in [-0.3, -0.25) is 0 Å². The van der Waals surface area contributed by atoms with Crippen molar-refractivity contribution < 1.29 is 19.2 Å². The fraction of sp³-hybridized carbons (Fsp3) is 0.500. The van der Waals surface area contributed by atoms with Gasteiger partial charge in [0.1, 0.15) is 18.4 Å². The molecule has 0 aliphatic carbocycles. The van der Waals surface area contributed by atoms with Crippen LogP contribution in [-0.4, -0.2) is 38.8 Å². The first-order chi connectivity index (χ1) is 10.7. The molecule has 0 radical (unpaired) electrons. The molecule has 0 saturated carbocycles. The second-order valence-electron chi connectivity index (χ2n) is 5.87. The van der Waals surface area contributed by atoms with Crippen LogP contribution in [0.15, 0.2) is 30.3 Å². The summed E-state index contributed by atoms with van der Waals surface area (Å²) in [6.45, 7) is 5.27. The number of hydrogen-bond donors (Lipinski definition) is 1. The Balaban J connectivity index is 1.76. The van der Waals surface area contributed by atoms with E-state index in [1.807, 2.05) is 31.2 Å². The molecular weight excluding hydrogens is 278 g/mol. The predicted octanol–water partition coefficient (Wildman–Crippen LogP) is 1.71. The minimum atomic E-state index is -0.278. The van der Waals surface area contributed by atoms with Crippen LogP contribution in [0.1, 0.15) is 31.7 Å². The van der Waals surface area contributed by atoms with Crippen molar-refractivity contribution in [3.8, 4) is 5.75 Å². The number of benzene rings is 1. The lowest BCUT2D eigenvalue weighted by molar-refractivity contribution is -0.907. The first-order valence-electron chi connectivity index (χ1n) is 8.03. The molecule has 4 heteroatoms. The topological polar surface area (TPSA) is 40.0 Å². The van der Waals surface area contributed by atoms with E-state index in [4.69, 9.17) is 9.47 Å². The maximum atomic E-state index is 11.8. The highest BCUT2D eigenvalue weighted by Crippen LogP contribution is 2.12. The zero-order chi connectivity index (χ0) is 15.8. The maximum absolute atomic E-state index is 11.8. The average molecular weight is 304 g/mol. The lowest BCUT2D eigenvalue weighted by atomic mass is 10.1. The van der Waals surface area contributed by atoms with Crippen LogP contribution in [0.2, 0.25) is 0 Å². The third kappa shape index (κ3) is 5.53. The number of methoxy groups -OCH3 is 1. The third-order valence-electron chi connectivity index (χ3n) is 3.98. The van der Waals surface area contributed by atoms with Gasteiger partial charge in [0.2, 0.25) is 0 Å². The Hall–Kier alpha value is -1.81. The molecule has 120 valence electrons. The molecule has 1 fully saturated rings. The Morgan fingerprint density at radius 2 is 1.91 bits per heavy atom. The van der Waals surface area contributed by atoms with Gasteiger partial charge in [-0.25, -0.2) is 4.79 Å². The molecule has 1 atom stereocenters. The van der Waals surface area contributed by atoms with Crippen molar-refractivity contribution >= 4 is 12.0 Å². The maximum Gasteiger partial charge on any atom is 0.331 e. The highest BCUT2D eigenvalue weighted by molar-refractivity contribution is 5.87. The number of nitrogens with one attached hydrogen (secondary N) is 1. The molecule has 1 unspecified atom stereocenters. The number of quaternary nitrogens is 1. The summed E-state index contributed by atoms with van der Waals surface area (Å²) in [5.41, 5.74) is 0.951. The van der Waals surface area contributed by atoms with E-state index in [2.05, 4.69) is 0 Å². The van der Waals surface area contributed by atoms with Gasteiger partial charge >= 0.3 is 5.97 Å². The van der Waals surface area contributed by atoms with Crippen molar-refractivity contribution in [2.45, 2.75) is 32.3 Å². The zero-order valence-corrected chi connectivity index (χ0v) is 13.5. The molecule has 1 aromatic rings. The monoisotopic (exact) mass is 304 g/mol.